The van der Waals surface area contributed by atoms with Crippen molar-refractivity contribution in [1.29, 1.82) is 0 Å². The highest BCUT2D eigenvalue weighted by molar-refractivity contribution is 6.31. The molecule has 1 aliphatic carbocycles. The first kappa shape index (κ1) is 14.2. The van der Waals surface area contributed by atoms with Crippen LogP contribution in [-0.4, -0.2) is 10.2 Å². The summed E-state index contributed by atoms with van der Waals surface area (Å²) in [5, 5.41) is 19.0. The molecule has 21 heavy (non-hydrogen) atoms. The number of fused-ring (bicyclic) bond motifs is 1. The van der Waals surface area contributed by atoms with Gasteiger partial charge in [0.15, 0.2) is 11.6 Å². The molecule has 3 rings (SSSR count). The average Bonchev–Trinajstić information content (AvgIpc) is 2.66. The maximum absolute atomic E-state index is 13.8. The molecule has 0 saturated carbocycles. The minimum absolute atomic E-state index is 0.0160. The van der Waals surface area contributed by atoms with Crippen molar-refractivity contribution in [3.05, 3.63) is 57.9 Å². The van der Waals surface area contributed by atoms with E-state index in [1.807, 2.05) is 6.07 Å². The van der Waals surface area contributed by atoms with Crippen LogP contribution in [0.5, 0.6) is 11.5 Å². The molecule has 110 valence electrons. The lowest BCUT2D eigenvalue weighted by atomic mass is 9.89. The molecule has 1 aliphatic rings. The molecule has 2 N–H and O–H groups in total. The van der Waals surface area contributed by atoms with Gasteiger partial charge in [-0.1, -0.05) is 23.7 Å². The molecule has 0 bridgehead atoms. The molecule has 4 heteroatoms. The molecular weight excluding hydrogens is 291 g/mol. The first-order valence-electron chi connectivity index (χ1n) is 7.04. The smallest absolute Gasteiger partial charge is 0.183 e. The number of hydrogen-bond donors (Lipinski definition) is 2. The van der Waals surface area contributed by atoms with Gasteiger partial charge in [0.1, 0.15) is 5.75 Å². The third kappa shape index (κ3) is 2.70. The van der Waals surface area contributed by atoms with Gasteiger partial charge in [0.05, 0.1) is 5.02 Å². The Morgan fingerprint density at radius 3 is 2.71 bits per heavy atom. The molecular formula is C17H16ClFO2. The van der Waals surface area contributed by atoms with Crippen molar-refractivity contribution < 1.29 is 14.6 Å². The number of phenolic OH excluding ortho intramolecular Hbond substituents is 2. The van der Waals surface area contributed by atoms with E-state index >= 15 is 0 Å². The highest BCUT2D eigenvalue weighted by atomic mass is 35.5. The van der Waals surface area contributed by atoms with Crippen molar-refractivity contribution in [2.75, 3.05) is 0 Å². The summed E-state index contributed by atoms with van der Waals surface area (Å²) in [5.41, 5.74) is 3.06. The zero-order valence-corrected chi connectivity index (χ0v) is 12.2. The van der Waals surface area contributed by atoms with E-state index < -0.39 is 11.6 Å². The van der Waals surface area contributed by atoms with Crippen LogP contribution in [0.25, 0.3) is 0 Å². The van der Waals surface area contributed by atoms with Crippen LogP contribution < -0.4 is 0 Å². The molecule has 1 atom stereocenters. The van der Waals surface area contributed by atoms with Gasteiger partial charge in [0.25, 0.3) is 0 Å². The minimum Gasteiger partial charge on any atom is -0.508 e. The molecule has 0 spiro atoms. The lowest BCUT2D eigenvalue weighted by molar-refractivity contribution is 0.431. The van der Waals surface area contributed by atoms with Crippen LogP contribution in [0.2, 0.25) is 5.02 Å². The first-order chi connectivity index (χ1) is 10.1. The van der Waals surface area contributed by atoms with E-state index in [0.29, 0.717) is 0 Å². The van der Waals surface area contributed by atoms with Gasteiger partial charge in [0.2, 0.25) is 0 Å². The largest absolute Gasteiger partial charge is 0.508 e. The van der Waals surface area contributed by atoms with Gasteiger partial charge in [0, 0.05) is 0 Å². The van der Waals surface area contributed by atoms with Crippen molar-refractivity contribution in [1.82, 2.24) is 0 Å². The Labute approximate surface area is 127 Å². The van der Waals surface area contributed by atoms with Crippen LogP contribution in [0.1, 0.15) is 35.4 Å². The molecule has 2 nitrogen and oxygen atoms in total. The maximum atomic E-state index is 13.8. The van der Waals surface area contributed by atoms with Gasteiger partial charge >= 0.3 is 0 Å². The van der Waals surface area contributed by atoms with Crippen molar-refractivity contribution in [3.63, 3.8) is 0 Å². The minimum atomic E-state index is -0.746. The predicted octanol–water partition coefficient (Wildman–Crippen LogP) is 4.55. The Kier molecular flexibility index (Phi) is 3.77. The van der Waals surface area contributed by atoms with Gasteiger partial charge in [-0.2, -0.15) is 0 Å². The van der Waals surface area contributed by atoms with Crippen LogP contribution in [0.4, 0.5) is 4.39 Å². The van der Waals surface area contributed by atoms with E-state index in [0.717, 1.165) is 36.8 Å². The molecule has 0 aliphatic heterocycles. The Morgan fingerprint density at radius 1 is 1.10 bits per heavy atom. The van der Waals surface area contributed by atoms with Crippen molar-refractivity contribution in [2.24, 2.45) is 0 Å². The van der Waals surface area contributed by atoms with E-state index in [-0.39, 0.29) is 16.7 Å². The fourth-order valence-corrected chi connectivity index (χ4v) is 3.40. The summed E-state index contributed by atoms with van der Waals surface area (Å²) in [7, 11) is 0. The average molecular weight is 307 g/mol. The van der Waals surface area contributed by atoms with Gasteiger partial charge in [-0.15, -0.1) is 0 Å². The number of halogens is 2. The summed E-state index contributed by atoms with van der Waals surface area (Å²) in [4.78, 5) is 0. The van der Waals surface area contributed by atoms with E-state index in [1.54, 1.807) is 18.2 Å². The fourth-order valence-electron chi connectivity index (χ4n) is 3.09. The molecule has 0 saturated heterocycles. The fraction of sp³-hybridized carbons (Fsp3) is 0.294. The van der Waals surface area contributed by atoms with Crippen LogP contribution >= 0.6 is 11.6 Å². The van der Waals surface area contributed by atoms with Gasteiger partial charge < -0.3 is 10.2 Å². The van der Waals surface area contributed by atoms with E-state index in [4.69, 9.17) is 11.6 Å². The van der Waals surface area contributed by atoms with Gasteiger partial charge in [-0.25, -0.2) is 4.39 Å². The highest BCUT2D eigenvalue weighted by Crippen LogP contribution is 2.38. The second kappa shape index (κ2) is 5.57. The molecule has 0 amide bonds. The molecule has 2 aromatic carbocycles. The monoisotopic (exact) mass is 306 g/mol. The Morgan fingerprint density at radius 2 is 1.90 bits per heavy atom. The molecule has 1 unspecified atom stereocenters. The standard InChI is InChI=1S/C17H16ClFO2/c18-16-14(6-7-15(21)17(16)19)12-3-1-2-10-9-13(20)5-4-11(10)8-12/h4-7,9,12,20-21H,1-3,8H2. The van der Waals surface area contributed by atoms with E-state index in [2.05, 4.69) is 0 Å². The highest BCUT2D eigenvalue weighted by Gasteiger charge is 2.23. The zero-order valence-electron chi connectivity index (χ0n) is 11.4. The molecule has 0 aromatic heterocycles. The second-order valence-electron chi connectivity index (χ2n) is 5.55. The first-order valence-corrected chi connectivity index (χ1v) is 7.41. The summed E-state index contributed by atoms with van der Waals surface area (Å²) in [6, 6.07) is 8.47. The normalized spacial score (nSPS) is 18.1. The summed E-state index contributed by atoms with van der Waals surface area (Å²) in [6.45, 7) is 0. The Hall–Kier alpha value is -1.74. The maximum Gasteiger partial charge on any atom is 0.183 e. The summed E-state index contributed by atoms with van der Waals surface area (Å²) in [6.07, 6.45) is 3.53. The lowest BCUT2D eigenvalue weighted by Gasteiger charge is -2.17. The second-order valence-corrected chi connectivity index (χ2v) is 5.93. The number of hydrogen-bond acceptors (Lipinski definition) is 2. The topological polar surface area (TPSA) is 40.5 Å². The number of phenols is 2. The Bertz CT molecular complexity index is 685. The van der Waals surface area contributed by atoms with E-state index in [1.165, 1.54) is 11.6 Å². The number of rotatable bonds is 1. The van der Waals surface area contributed by atoms with E-state index in [9.17, 15) is 14.6 Å². The van der Waals surface area contributed by atoms with Crippen LogP contribution in [0.3, 0.4) is 0 Å². The van der Waals surface area contributed by atoms with Gasteiger partial charge in [-0.3, -0.25) is 0 Å². The molecule has 0 radical (unpaired) electrons. The van der Waals surface area contributed by atoms with Gasteiger partial charge in [-0.05, 0) is 66.5 Å². The number of aromatic hydroxyl groups is 2. The SMILES string of the molecule is Oc1ccc2c(c1)CCCC(c1ccc(O)c(F)c1Cl)C2. The quantitative estimate of drug-likeness (QED) is 0.759. The molecule has 2 aromatic rings. The third-order valence-corrected chi connectivity index (χ3v) is 4.57. The lowest BCUT2D eigenvalue weighted by Crippen LogP contribution is -2.03. The summed E-state index contributed by atoms with van der Waals surface area (Å²) >= 11 is 6.06. The van der Waals surface area contributed by atoms with Crippen LogP contribution in [0, 0.1) is 5.82 Å². The van der Waals surface area contributed by atoms with Crippen LogP contribution in [0.15, 0.2) is 30.3 Å². The number of benzene rings is 2. The van der Waals surface area contributed by atoms with Crippen molar-refractivity contribution in [2.45, 2.75) is 31.6 Å². The third-order valence-electron chi connectivity index (χ3n) is 4.19. The Balaban J connectivity index is 1.97. The molecule has 0 fully saturated rings. The molecule has 0 heterocycles. The van der Waals surface area contributed by atoms with Crippen LogP contribution in [-0.2, 0) is 12.8 Å². The summed E-state index contributed by atoms with van der Waals surface area (Å²) in [5.74, 6) is -0.758. The zero-order chi connectivity index (χ0) is 15.0. The summed E-state index contributed by atoms with van der Waals surface area (Å²) < 4.78 is 13.8. The predicted molar refractivity (Wildman–Crippen MR) is 80.6 cm³/mol. The van der Waals surface area contributed by atoms with Crippen molar-refractivity contribution in [3.8, 4) is 11.5 Å². The van der Waals surface area contributed by atoms with Crippen molar-refractivity contribution >= 4 is 11.6 Å². The number of aryl methyl sites for hydroxylation is 1.